The number of carbonyl (C=O) groups excluding carboxylic acids is 1. The van der Waals surface area contributed by atoms with Gasteiger partial charge in [0, 0.05) is 25.8 Å². The number of hydrogen-bond acceptors (Lipinski definition) is 3. The molecule has 3 N–H and O–H groups in total. The predicted octanol–water partition coefficient (Wildman–Crippen LogP) is 3.35. The number of anilines is 1. The molecule has 0 radical (unpaired) electrons. The van der Waals surface area contributed by atoms with Crippen LogP contribution in [0.15, 0.2) is 60.7 Å². The van der Waals surface area contributed by atoms with E-state index in [9.17, 15) is 4.79 Å². The van der Waals surface area contributed by atoms with Crippen LogP contribution < -0.4 is 16.0 Å². The van der Waals surface area contributed by atoms with Crippen LogP contribution in [0.2, 0.25) is 0 Å². The van der Waals surface area contributed by atoms with Gasteiger partial charge in [0.2, 0.25) is 5.91 Å². The monoisotopic (exact) mass is 383 g/mol. The van der Waals surface area contributed by atoms with Crippen LogP contribution in [-0.2, 0) is 10.3 Å². The minimum atomic E-state index is -1.01. The molecule has 0 fully saturated rings. The minimum Gasteiger partial charge on any atom is -0.375 e. The fourth-order valence-corrected chi connectivity index (χ4v) is 2.43. The van der Waals surface area contributed by atoms with Gasteiger partial charge in [-0.3, -0.25) is 4.79 Å². The van der Waals surface area contributed by atoms with Gasteiger partial charge in [0.05, 0.1) is 0 Å². The molecule has 0 aromatic heterocycles. The summed E-state index contributed by atoms with van der Waals surface area (Å²) in [6, 6.07) is 19.6. The Kier molecular flexibility index (Phi) is 10.2. The highest BCUT2D eigenvalue weighted by molar-refractivity contribution is 5.87. The second-order valence-electron chi connectivity index (χ2n) is 5.93. The number of benzene rings is 2. The van der Waals surface area contributed by atoms with E-state index in [1.807, 2.05) is 55.6 Å². The van der Waals surface area contributed by atoms with Gasteiger partial charge in [-0.15, -0.1) is 24.8 Å². The van der Waals surface area contributed by atoms with Crippen molar-refractivity contribution in [3.8, 4) is 0 Å². The number of amides is 1. The molecule has 2 aromatic carbocycles. The summed E-state index contributed by atoms with van der Waals surface area (Å²) in [6.45, 7) is 3.22. The molecule has 0 saturated carbocycles. The summed E-state index contributed by atoms with van der Waals surface area (Å²) < 4.78 is 0. The lowest BCUT2D eigenvalue weighted by Crippen LogP contribution is -2.49. The standard InChI is InChI=1S/C19H25N3O.2ClH/c1-19(20,16-10-5-3-6-11-16)18(23)21-14-9-15-22(2)17-12-7-4-8-13-17;;/h3-8,10-13H,9,14-15,20H2,1-2H3,(H,21,23);2*1H. The topological polar surface area (TPSA) is 58.4 Å². The summed E-state index contributed by atoms with van der Waals surface area (Å²) in [7, 11) is 2.05. The fourth-order valence-electron chi connectivity index (χ4n) is 2.43. The number of para-hydroxylation sites is 1. The molecule has 2 rings (SSSR count). The van der Waals surface area contributed by atoms with Gasteiger partial charge < -0.3 is 16.0 Å². The van der Waals surface area contributed by atoms with Crippen molar-refractivity contribution in [3.05, 3.63) is 66.2 Å². The van der Waals surface area contributed by atoms with E-state index in [2.05, 4.69) is 22.3 Å². The molecule has 0 aliphatic carbocycles. The Balaban J connectivity index is 0.00000288. The zero-order chi connectivity index (χ0) is 16.7. The highest BCUT2D eigenvalue weighted by Crippen LogP contribution is 2.17. The maximum Gasteiger partial charge on any atom is 0.244 e. The number of carbonyl (C=O) groups is 1. The van der Waals surface area contributed by atoms with Crippen molar-refractivity contribution in [2.45, 2.75) is 18.9 Å². The van der Waals surface area contributed by atoms with E-state index in [0.717, 1.165) is 18.5 Å². The molecule has 0 spiro atoms. The van der Waals surface area contributed by atoms with Crippen molar-refractivity contribution in [1.29, 1.82) is 0 Å². The largest absolute Gasteiger partial charge is 0.375 e. The zero-order valence-electron chi connectivity index (χ0n) is 14.6. The molecule has 6 heteroatoms. The molecular formula is C19H27Cl2N3O. The zero-order valence-corrected chi connectivity index (χ0v) is 16.3. The van der Waals surface area contributed by atoms with E-state index in [1.54, 1.807) is 6.92 Å². The summed E-state index contributed by atoms with van der Waals surface area (Å²) in [5, 5.41) is 2.94. The third-order valence-electron chi connectivity index (χ3n) is 4.00. The molecule has 25 heavy (non-hydrogen) atoms. The van der Waals surface area contributed by atoms with E-state index in [-0.39, 0.29) is 30.7 Å². The molecule has 4 nitrogen and oxygen atoms in total. The van der Waals surface area contributed by atoms with Crippen LogP contribution >= 0.6 is 24.8 Å². The van der Waals surface area contributed by atoms with Gasteiger partial charge in [-0.05, 0) is 31.0 Å². The molecule has 0 saturated heterocycles. The average Bonchev–Trinajstić information content (AvgIpc) is 2.59. The Morgan fingerprint density at radius 3 is 2.12 bits per heavy atom. The van der Waals surface area contributed by atoms with Crippen molar-refractivity contribution >= 4 is 36.4 Å². The number of nitrogens with one attached hydrogen (secondary N) is 1. The molecule has 1 amide bonds. The first-order valence-corrected chi connectivity index (χ1v) is 7.90. The number of halogens is 2. The van der Waals surface area contributed by atoms with Crippen LogP contribution in [0.25, 0.3) is 0 Å². The average molecular weight is 384 g/mol. The van der Waals surface area contributed by atoms with E-state index < -0.39 is 5.54 Å². The summed E-state index contributed by atoms with van der Waals surface area (Å²) >= 11 is 0. The Hall–Kier alpha value is -1.75. The lowest BCUT2D eigenvalue weighted by atomic mass is 9.92. The van der Waals surface area contributed by atoms with Gasteiger partial charge in [0.25, 0.3) is 0 Å². The minimum absolute atomic E-state index is 0. The van der Waals surface area contributed by atoms with E-state index in [0.29, 0.717) is 6.54 Å². The molecule has 1 atom stereocenters. The molecule has 138 valence electrons. The van der Waals surface area contributed by atoms with Crippen LogP contribution in [0.5, 0.6) is 0 Å². The Morgan fingerprint density at radius 2 is 1.56 bits per heavy atom. The van der Waals surface area contributed by atoms with Crippen LogP contribution in [0, 0.1) is 0 Å². The molecule has 0 bridgehead atoms. The lowest BCUT2D eigenvalue weighted by Gasteiger charge is -2.24. The lowest BCUT2D eigenvalue weighted by molar-refractivity contribution is -0.126. The van der Waals surface area contributed by atoms with Crippen molar-refractivity contribution in [1.82, 2.24) is 5.32 Å². The van der Waals surface area contributed by atoms with Crippen molar-refractivity contribution < 1.29 is 4.79 Å². The highest BCUT2D eigenvalue weighted by atomic mass is 35.5. The van der Waals surface area contributed by atoms with E-state index in [1.165, 1.54) is 5.69 Å². The van der Waals surface area contributed by atoms with Gasteiger partial charge in [-0.1, -0.05) is 48.5 Å². The first kappa shape index (κ1) is 23.2. The molecular weight excluding hydrogens is 357 g/mol. The molecule has 1 unspecified atom stereocenters. The number of nitrogens with zero attached hydrogens (tertiary/aromatic N) is 1. The summed E-state index contributed by atoms with van der Waals surface area (Å²) in [5.41, 5.74) is 7.18. The first-order valence-electron chi connectivity index (χ1n) is 7.90. The van der Waals surface area contributed by atoms with Crippen molar-refractivity contribution in [2.24, 2.45) is 5.73 Å². The van der Waals surface area contributed by atoms with Gasteiger partial charge in [-0.25, -0.2) is 0 Å². The Labute approximate surface area is 162 Å². The summed E-state index contributed by atoms with van der Waals surface area (Å²) in [4.78, 5) is 14.5. The Morgan fingerprint density at radius 1 is 1.04 bits per heavy atom. The number of nitrogens with two attached hydrogens (primary N) is 1. The predicted molar refractivity (Wildman–Crippen MR) is 110 cm³/mol. The van der Waals surface area contributed by atoms with Crippen molar-refractivity contribution in [3.63, 3.8) is 0 Å². The van der Waals surface area contributed by atoms with Crippen molar-refractivity contribution in [2.75, 3.05) is 25.0 Å². The Bertz CT molecular complexity index is 621. The maximum atomic E-state index is 12.3. The first-order chi connectivity index (χ1) is 11.0. The van der Waals surface area contributed by atoms with Gasteiger partial charge >= 0.3 is 0 Å². The maximum absolute atomic E-state index is 12.3. The van der Waals surface area contributed by atoms with Crippen LogP contribution in [0.1, 0.15) is 18.9 Å². The third kappa shape index (κ3) is 6.58. The normalized spacial score (nSPS) is 12.1. The van der Waals surface area contributed by atoms with Crippen LogP contribution in [0.4, 0.5) is 5.69 Å². The van der Waals surface area contributed by atoms with E-state index >= 15 is 0 Å². The number of hydrogen-bond donors (Lipinski definition) is 2. The molecule has 0 heterocycles. The smallest absolute Gasteiger partial charge is 0.244 e. The fraction of sp³-hybridized carbons (Fsp3) is 0.316. The highest BCUT2D eigenvalue weighted by Gasteiger charge is 2.29. The van der Waals surface area contributed by atoms with Gasteiger partial charge in [-0.2, -0.15) is 0 Å². The molecule has 2 aromatic rings. The second kappa shape index (κ2) is 11.0. The van der Waals surface area contributed by atoms with Gasteiger partial charge in [0.15, 0.2) is 0 Å². The molecule has 0 aliphatic rings. The van der Waals surface area contributed by atoms with Crippen LogP contribution in [-0.4, -0.2) is 26.0 Å². The second-order valence-corrected chi connectivity index (χ2v) is 5.93. The SMILES string of the molecule is CN(CCCNC(=O)C(C)(N)c1ccccc1)c1ccccc1.Cl.Cl. The van der Waals surface area contributed by atoms with Gasteiger partial charge in [0.1, 0.15) is 5.54 Å². The third-order valence-corrected chi connectivity index (χ3v) is 4.00. The summed E-state index contributed by atoms with van der Waals surface area (Å²) in [6.07, 6.45) is 0.863. The molecule has 0 aliphatic heterocycles. The number of rotatable bonds is 7. The quantitative estimate of drug-likeness (QED) is 0.720. The summed E-state index contributed by atoms with van der Waals surface area (Å²) in [5.74, 6) is -0.147. The van der Waals surface area contributed by atoms with Crippen LogP contribution in [0.3, 0.4) is 0 Å². The van der Waals surface area contributed by atoms with E-state index in [4.69, 9.17) is 5.73 Å².